The largest absolute Gasteiger partial charge is 0.304 e. The molecule has 0 amide bonds. The lowest BCUT2D eigenvalue weighted by Gasteiger charge is -2.29. The molecule has 1 aliphatic rings. The molecule has 0 unspecified atom stereocenters. The zero-order chi connectivity index (χ0) is 13.9. The number of rotatable bonds is 3. The summed E-state index contributed by atoms with van der Waals surface area (Å²) in [6, 6.07) is 8.39. The Morgan fingerprint density at radius 3 is 2.64 bits per heavy atom. The van der Waals surface area contributed by atoms with Crippen LogP contribution in [-0.2, 0) is 0 Å². The summed E-state index contributed by atoms with van der Waals surface area (Å²) >= 11 is 5.35. The second-order valence-corrected chi connectivity index (χ2v) is 7.10. The van der Waals surface area contributed by atoms with E-state index in [1.54, 1.807) is 0 Å². The van der Waals surface area contributed by atoms with Gasteiger partial charge in [0.1, 0.15) is 0 Å². The number of nitrogens with zero attached hydrogens (tertiary/aromatic N) is 2. The van der Waals surface area contributed by atoms with Crippen molar-refractivity contribution in [3.05, 3.63) is 39.1 Å². The lowest BCUT2D eigenvalue weighted by atomic mass is 9.97. The van der Waals surface area contributed by atoms with Gasteiger partial charge in [-0.3, -0.25) is 0 Å². The van der Waals surface area contributed by atoms with E-state index in [-0.39, 0.29) is 24.8 Å². The number of halogens is 3. The maximum absolute atomic E-state index is 4.88. The second-order valence-electron chi connectivity index (χ2n) is 5.29. The Morgan fingerprint density at radius 2 is 2.00 bits per heavy atom. The van der Waals surface area contributed by atoms with Crippen molar-refractivity contribution >= 4 is 52.1 Å². The average molecular weight is 424 g/mol. The molecule has 0 atom stereocenters. The van der Waals surface area contributed by atoms with Gasteiger partial charge >= 0.3 is 0 Å². The molecule has 3 rings (SSSR count). The first-order valence-corrected chi connectivity index (χ1v) is 8.87. The van der Waals surface area contributed by atoms with Gasteiger partial charge in [0, 0.05) is 21.3 Å². The molecule has 0 N–H and O–H groups in total. The molecular weight excluding hydrogens is 403 g/mol. The van der Waals surface area contributed by atoms with Crippen LogP contribution < -0.4 is 0 Å². The summed E-state index contributed by atoms with van der Waals surface area (Å²) in [5.74, 6) is 0.656. The van der Waals surface area contributed by atoms with E-state index in [1.165, 1.54) is 43.0 Å². The number of hydrogen-bond acceptors (Lipinski definition) is 3. The first-order chi connectivity index (χ1) is 9.76. The van der Waals surface area contributed by atoms with E-state index in [4.69, 9.17) is 4.98 Å². The number of aromatic nitrogens is 1. The fourth-order valence-electron chi connectivity index (χ4n) is 2.75. The van der Waals surface area contributed by atoms with Crippen molar-refractivity contribution in [1.29, 1.82) is 0 Å². The molecule has 1 saturated heterocycles. The van der Waals surface area contributed by atoms with Gasteiger partial charge < -0.3 is 4.90 Å². The van der Waals surface area contributed by atoms with Crippen molar-refractivity contribution in [2.24, 2.45) is 0 Å². The van der Waals surface area contributed by atoms with Crippen LogP contribution in [0.4, 0.5) is 0 Å². The van der Waals surface area contributed by atoms with Crippen molar-refractivity contribution in [3.8, 4) is 11.3 Å². The molecule has 2 aromatic rings. The van der Waals surface area contributed by atoms with Gasteiger partial charge in [-0.15, -0.1) is 36.2 Å². The number of piperidine rings is 1. The second kappa shape index (κ2) is 9.24. The van der Waals surface area contributed by atoms with Gasteiger partial charge in [0.2, 0.25) is 0 Å². The molecule has 1 aliphatic heterocycles. The zero-order valence-electron chi connectivity index (χ0n) is 12.5. The molecule has 6 heteroatoms. The van der Waals surface area contributed by atoms with Crippen LogP contribution in [0, 0.1) is 0 Å². The zero-order valence-corrected chi connectivity index (χ0v) is 16.5. The Balaban J connectivity index is 0.00000121. The number of hydrogen-bond donors (Lipinski definition) is 0. The third-order valence-electron chi connectivity index (χ3n) is 4.03. The van der Waals surface area contributed by atoms with Crippen LogP contribution in [0.2, 0.25) is 0 Å². The number of likely N-dealkylation sites (tertiary alicyclic amines) is 1. The van der Waals surface area contributed by atoms with Crippen molar-refractivity contribution in [1.82, 2.24) is 9.88 Å². The van der Waals surface area contributed by atoms with Crippen LogP contribution in [0.25, 0.3) is 11.3 Å². The molecule has 0 radical (unpaired) electrons. The minimum atomic E-state index is 0. The number of thiazole rings is 1. The van der Waals surface area contributed by atoms with Gasteiger partial charge in [0.05, 0.1) is 10.7 Å². The van der Waals surface area contributed by atoms with Crippen LogP contribution in [0.15, 0.2) is 34.1 Å². The summed E-state index contributed by atoms with van der Waals surface area (Å²) in [7, 11) is 0. The fraction of sp³-hybridized carbons (Fsp3) is 0.438. The summed E-state index contributed by atoms with van der Waals surface area (Å²) in [4.78, 5) is 7.40. The van der Waals surface area contributed by atoms with Crippen LogP contribution in [0.1, 0.15) is 30.7 Å². The van der Waals surface area contributed by atoms with Crippen LogP contribution in [0.3, 0.4) is 0 Å². The minimum Gasteiger partial charge on any atom is -0.304 e. The SMILES string of the molecule is CCN1CCC(c2nc(-c3cccc(Br)c3)cs2)CC1.Cl.Cl. The van der Waals surface area contributed by atoms with Crippen molar-refractivity contribution in [3.63, 3.8) is 0 Å². The highest BCUT2D eigenvalue weighted by Gasteiger charge is 2.22. The van der Waals surface area contributed by atoms with Crippen LogP contribution in [0.5, 0.6) is 0 Å². The Morgan fingerprint density at radius 1 is 1.27 bits per heavy atom. The maximum atomic E-state index is 4.88. The normalized spacial score (nSPS) is 15.9. The van der Waals surface area contributed by atoms with E-state index in [2.05, 4.69) is 57.4 Å². The minimum absolute atomic E-state index is 0. The van der Waals surface area contributed by atoms with E-state index in [0.717, 1.165) is 10.2 Å². The lowest BCUT2D eigenvalue weighted by molar-refractivity contribution is 0.222. The maximum Gasteiger partial charge on any atom is 0.0964 e. The van der Waals surface area contributed by atoms with E-state index in [0.29, 0.717) is 5.92 Å². The van der Waals surface area contributed by atoms with Gasteiger partial charge in [-0.1, -0.05) is 35.0 Å². The van der Waals surface area contributed by atoms with E-state index >= 15 is 0 Å². The monoisotopic (exact) mass is 422 g/mol. The lowest BCUT2D eigenvalue weighted by Crippen LogP contribution is -2.32. The molecule has 1 aromatic carbocycles. The smallest absolute Gasteiger partial charge is 0.0964 e. The van der Waals surface area contributed by atoms with Crippen molar-refractivity contribution in [2.75, 3.05) is 19.6 Å². The summed E-state index contributed by atoms with van der Waals surface area (Å²) in [6.07, 6.45) is 2.50. The van der Waals surface area contributed by atoms with Gasteiger partial charge in [-0.2, -0.15) is 0 Å². The summed E-state index contributed by atoms with van der Waals surface area (Å²) in [5, 5.41) is 3.51. The molecule has 0 saturated carbocycles. The summed E-state index contributed by atoms with van der Waals surface area (Å²) in [6.45, 7) is 5.85. The van der Waals surface area contributed by atoms with Crippen LogP contribution >= 0.6 is 52.1 Å². The van der Waals surface area contributed by atoms with Crippen LogP contribution in [-0.4, -0.2) is 29.5 Å². The highest BCUT2D eigenvalue weighted by Crippen LogP contribution is 2.33. The topological polar surface area (TPSA) is 16.1 Å². The van der Waals surface area contributed by atoms with Gasteiger partial charge in [0.15, 0.2) is 0 Å². The summed E-state index contributed by atoms with van der Waals surface area (Å²) in [5.41, 5.74) is 2.32. The highest BCUT2D eigenvalue weighted by molar-refractivity contribution is 9.10. The molecule has 1 fully saturated rings. The fourth-order valence-corrected chi connectivity index (χ4v) is 4.15. The van der Waals surface area contributed by atoms with Gasteiger partial charge in [-0.25, -0.2) is 4.98 Å². The Bertz CT molecular complexity index is 583. The predicted molar refractivity (Wildman–Crippen MR) is 104 cm³/mol. The first-order valence-electron chi connectivity index (χ1n) is 7.20. The molecule has 0 spiro atoms. The predicted octanol–water partition coefficient (Wildman–Crippen LogP) is 5.62. The quantitative estimate of drug-likeness (QED) is 0.637. The molecule has 0 bridgehead atoms. The molecular formula is C16H21BrCl2N2S. The Hall–Kier alpha value is -0.130. The Labute approximate surface area is 157 Å². The third kappa shape index (κ3) is 4.68. The Kier molecular flexibility index (Phi) is 8.36. The third-order valence-corrected chi connectivity index (χ3v) is 5.53. The molecule has 22 heavy (non-hydrogen) atoms. The first kappa shape index (κ1) is 19.9. The molecule has 0 aliphatic carbocycles. The van der Waals surface area contributed by atoms with Crippen molar-refractivity contribution < 1.29 is 0 Å². The molecule has 122 valence electrons. The van der Waals surface area contributed by atoms with E-state index < -0.39 is 0 Å². The van der Waals surface area contributed by atoms with Gasteiger partial charge in [-0.05, 0) is 44.6 Å². The average Bonchev–Trinajstić information content (AvgIpc) is 2.97. The number of benzene rings is 1. The van der Waals surface area contributed by atoms with Crippen molar-refractivity contribution in [2.45, 2.75) is 25.7 Å². The summed E-state index contributed by atoms with van der Waals surface area (Å²) < 4.78 is 1.11. The molecule has 2 nitrogen and oxygen atoms in total. The highest BCUT2D eigenvalue weighted by atomic mass is 79.9. The van der Waals surface area contributed by atoms with E-state index in [9.17, 15) is 0 Å². The standard InChI is InChI=1S/C16H19BrN2S.2ClH/c1-2-19-8-6-12(7-9-19)16-18-15(11-20-16)13-4-3-5-14(17)10-13;;/h3-5,10-12H,2,6-9H2,1H3;2*1H. The van der Waals surface area contributed by atoms with Gasteiger partial charge in [0.25, 0.3) is 0 Å². The molecule has 1 aromatic heterocycles. The van der Waals surface area contributed by atoms with E-state index in [1.807, 2.05) is 11.3 Å². The molecule has 2 heterocycles.